The molecule has 0 aromatic heterocycles. The van der Waals surface area contributed by atoms with Gasteiger partial charge in [-0.05, 0) is 44.0 Å². The fourth-order valence-corrected chi connectivity index (χ4v) is 5.73. The highest BCUT2D eigenvalue weighted by atomic mass is 32.2. The number of likely N-dealkylation sites (N-methyl/N-ethyl adjacent to an activating group) is 1. The second kappa shape index (κ2) is 8.59. The fourth-order valence-electron chi connectivity index (χ4n) is 2.81. The van der Waals surface area contributed by atoms with Gasteiger partial charge in [-0.1, -0.05) is 19.4 Å². The highest BCUT2D eigenvalue weighted by molar-refractivity contribution is 7.90. The Balaban J connectivity index is 2.27. The molecule has 9 heteroatoms. The molecule has 142 valence electrons. The van der Waals surface area contributed by atoms with Crippen molar-refractivity contribution >= 4 is 20.0 Å². The average molecular weight is 390 g/mol. The van der Waals surface area contributed by atoms with Gasteiger partial charge in [-0.15, -0.1) is 0 Å². The van der Waals surface area contributed by atoms with E-state index in [1.165, 1.54) is 16.4 Å². The van der Waals surface area contributed by atoms with Gasteiger partial charge in [-0.3, -0.25) is 0 Å². The second-order valence-corrected chi connectivity index (χ2v) is 9.82. The van der Waals surface area contributed by atoms with Gasteiger partial charge in [0.1, 0.15) is 0 Å². The zero-order valence-electron chi connectivity index (χ0n) is 14.8. The van der Waals surface area contributed by atoms with E-state index in [1.807, 2.05) is 6.92 Å². The van der Waals surface area contributed by atoms with Crippen LogP contribution >= 0.6 is 0 Å². The number of sulfonamides is 2. The summed E-state index contributed by atoms with van der Waals surface area (Å²) in [7, 11) is -7.42. The van der Waals surface area contributed by atoms with Crippen molar-refractivity contribution in [3.63, 3.8) is 0 Å². The fraction of sp³-hybridized carbons (Fsp3) is 0.625. The molecule has 0 amide bonds. The van der Waals surface area contributed by atoms with Crippen molar-refractivity contribution in [3.8, 4) is 0 Å². The zero-order chi connectivity index (χ0) is 18.5. The van der Waals surface area contributed by atoms with Crippen molar-refractivity contribution in [3.05, 3.63) is 23.8 Å². The van der Waals surface area contributed by atoms with Gasteiger partial charge in [0.15, 0.2) is 0 Å². The molecule has 1 fully saturated rings. The minimum absolute atomic E-state index is 0.0158. The summed E-state index contributed by atoms with van der Waals surface area (Å²) < 4.78 is 54.6. The maximum absolute atomic E-state index is 12.8. The molecule has 1 aliphatic heterocycles. The Morgan fingerprint density at radius 3 is 2.36 bits per heavy atom. The van der Waals surface area contributed by atoms with Gasteiger partial charge < -0.3 is 5.32 Å². The first kappa shape index (κ1) is 20.3. The minimum Gasteiger partial charge on any atom is -0.316 e. The maximum atomic E-state index is 12.8. The number of rotatable bonds is 8. The van der Waals surface area contributed by atoms with Crippen molar-refractivity contribution in [1.29, 1.82) is 0 Å². The topological polar surface area (TPSA) is 95.6 Å². The van der Waals surface area contributed by atoms with Crippen molar-refractivity contribution in [2.75, 3.05) is 32.7 Å². The molecule has 0 bridgehead atoms. The van der Waals surface area contributed by atoms with Crippen LogP contribution in [0.2, 0.25) is 0 Å². The summed E-state index contributed by atoms with van der Waals surface area (Å²) in [6, 6.07) is 4.31. The molecule has 25 heavy (non-hydrogen) atoms. The van der Waals surface area contributed by atoms with Gasteiger partial charge in [-0.2, -0.15) is 4.31 Å². The van der Waals surface area contributed by atoms with Crippen LogP contribution < -0.4 is 10.0 Å². The molecular weight excluding hydrogens is 362 g/mol. The van der Waals surface area contributed by atoms with Crippen LogP contribution in [-0.4, -0.2) is 53.9 Å². The summed E-state index contributed by atoms with van der Waals surface area (Å²) in [4.78, 5) is 0.0501. The highest BCUT2D eigenvalue weighted by Gasteiger charge is 2.28. The molecule has 0 atom stereocenters. The van der Waals surface area contributed by atoms with Gasteiger partial charge in [0, 0.05) is 26.2 Å². The van der Waals surface area contributed by atoms with Crippen LogP contribution in [0.4, 0.5) is 0 Å². The predicted octanol–water partition coefficient (Wildman–Crippen LogP) is 1.06. The normalized spacial score (nSPS) is 16.9. The summed E-state index contributed by atoms with van der Waals surface area (Å²) in [5.74, 6) is 0. The smallest absolute Gasteiger partial charge is 0.243 e. The molecule has 1 aliphatic rings. The van der Waals surface area contributed by atoms with Gasteiger partial charge in [0.2, 0.25) is 20.0 Å². The quantitative estimate of drug-likeness (QED) is 0.648. The van der Waals surface area contributed by atoms with Crippen LogP contribution in [0.3, 0.4) is 0 Å². The van der Waals surface area contributed by atoms with Gasteiger partial charge in [-0.25, -0.2) is 21.6 Å². The largest absolute Gasteiger partial charge is 0.316 e. The molecule has 1 aromatic carbocycles. The SMILES string of the molecule is CCNCCNS(=O)(=O)c1cc(S(=O)(=O)N2CCCCC2)ccc1C. The Kier molecular flexibility index (Phi) is 6.98. The van der Waals surface area contributed by atoms with E-state index in [0.717, 1.165) is 25.8 Å². The van der Waals surface area contributed by atoms with Crippen LogP contribution in [0.1, 0.15) is 31.7 Å². The maximum Gasteiger partial charge on any atom is 0.243 e. The van der Waals surface area contributed by atoms with Crippen LogP contribution in [0.5, 0.6) is 0 Å². The molecule has 0 aliphatic carbocycles. The summed E-state index contributed by atoms with van der Waals surface area (Å²) >= 11 is 0. The van der Waals surface area contributed by atoms with E-state index in [-0.39, 0.29) is 16.3 Å². The Morgan fingerprint density at radius 1 is 1.04 bits per heavy atom. The Bertz CT molecular complexity index is 786. The number of hydrogen-bond donors (Lipinski definition) is 2. The van der Waals surface area contributed by atoms with Gasteiger partial charge in [0.25, 0.3) is 0 Å². The Morgan fingerprint density at radius 2 is 1.72 bits per heavy atom. The lowest BCUT2D eigenvalue weighted by Crippen LogP contribution is -2.36. The van der Waals surface area contributed by atoms with Crippen LogP contribution in [0.15, 0.2) is 28.0 Å². The first-order valence-electron chi connectivity index (χ1n) is 8.60. The zero-order valence-corrected chi connectivity index (χ0v) is 16.4. The van der Waals surface area contributed by atoms with Crippen molar-refractivity contribution in [2.24, 2.45) is 0 Å². The Labute approximate surface area is 150 Å². The third-order valence-corrected chi connectivity index (χ3v) is 7.74. The summed E-state index contributed by atoms with van der Waals surface area (Å²) in [6.07, 6.45) is 2.69. The first-order chi connectivity index (χ1) is 11.8. The van der Waals surface area contributed by atoms with Crippen LogP contribution in [0, 0.1) is 6.92 Å². The van der Waals surface area contributed by atoms with E-state index >= 15 is 0 Å². The molecule has 1 heterocycles. The number of aryl methyl sites for hydroxylation is 1. The molecule has 0 radical (unpaired) electrons. The van der Waals surface area contributed by atoms with Crippen molar-refractivity contribution < 1.29 is 16.8 Å². The summed E-state index contributed by atoms with van der Waals surface area (Å²) in [5.41, 5.74) is 0.522. The monoisotopic (exact) mass is 389 g/mol. The summed E-state index contributed by atoms with van der Waals surface area (Å²) in [5, 5.41) is 3.04. The van der Waals surface area contributed by atoms with Crippen LogP contribution in [0.25, 0.3) is 0 Å². The minimum atomic E-state index is -3.76. The molecule has 1 aromatic rings. The predicted molar refractivity (Wildman–Crippen MR) is 97.5 cm³/mol. The second-order valence-electron chi connectivity index (χ2n) is 6.14. The van der Waals surface area contributed by atoms with Gasteiger partial charge >= 0.3 is 0 Å². The van der Waals surface area contributed by atoms with E-state index < -0.39 is 20.0 Å². The standard InChI is InChI=1S/C16H27N3O4S2/c1-3-17-9-10-18-24(20,21)16-13-15(8-7-14(16)2)25(22,23)19-11-5-4-6-12-19/h7-8,13,17-18H,3-6,9-12H2,1-2H3. The Hall–Kier alpha value is -1.00. The lowest BCUT2D eigenvalue weighted by molar-refractivity contribution is 0.346. The number of nitrogens with one attached hydrogen (secondary N) is 2. The van der Waals surface area contributed by atoms with E-state index in [2.05, 4.69) is 10.0 Å². The lowest BCUT2D eigenvalue weighted by atomic mass is 10.2. The van der Waals surface area contributed by atoms with E-state index in [9.17, 15) is 16.8 Å². The lowest BCUT2D eigenvalue weighted by Gasteiger charge is -2.26. The number of benzene rings is 1. The highest BCUT2D eigenvalue weighted by Crippen LogP contribution is 2.24. The average Bonchev–Trinajstić information content (AvgIpc) is 2.59. The van der Waals surface area contributed by atoms with Crippen LogP contribution in [-0.2, 0) is 20.0 Å². The van der Waals surface area contributed by atoms with Crippen molar-refractivity contribution in [2.45, 2.75) is 42.9 Å². The number of nitrogens with zero attached hydrogens (tertiary/aromatic N) is 1. The first-order valence-corrected chi connectivity index (χ1v) is 11.5. The number of piperidine rings is 1. The third-order valence-electron chi connectivity index (χ3n) is 4.25. The molecule has 0 saturated carbocycles. The molecule has 2 N–H and O–H groups in total. The van der Waals surface area contributed by atoms with E-state index in [0.29, 0.717) is 25.2 Å². The molecule has 7 nitrogen and oxygen atoms in total. The van der Waals surface area contributed by atoms with E-state index in [4.69, 9.17) is 0 Å². The third kappa shape index (κ3) is 5.01. The number of hydrogen-bond acceptors (Lipinski definition) is 5. The molecule has 0 unspecified atom stereocenters. The molecule has 2 rings (SSSR count). The molecule has 0 spiro atoms. The van der Waals surface area contributed by atoms with Gasteiger partial charge in [0.05, 0.1) is 9.79 Å². The van der Waals surface area contributed by atoms with Crippen molar-refractivity contribution in [1.82, 2.24) is 14.3 Å². The molecular formula is C16H27N3O4S2. The van der Waals surface area contributed by atoms with E-state index in [1.54, 1.807) is 13.0 Å². The summed E-state index contributed by atoms with van der Waals surface area (Å²) in [6.45, 7) is 6.09. The molecule has 1 saturated heterocycles.